The summed E-state index contributed by atoms with van der Waals surface area (Å²) in [6.45, 7) is 7.55. The zero-order chi connectivity index (χ0) is 13.8. The van der Waals surface area contributed by atoms with Gasteiger partial charge in [0, 0.05) is 24.7 Å². The largest absolute Gasteiger partial charge is 0.314 e. The van der Waals surface area contributed by atoms with E-state index >= 15 is 0 Å². The fourth-order valence-corrected chi connectivity index (χ4v) is 3.98. The van der Waals surface area contributed by atoms with Gasteiger partial charge in [0.2, 0.25) is 0 Å². The minimum atomic E-state index is 0.667. The first-order chi connectivity index (χ1) is 9.81. The first kappa shape index (κ1) is 14.8. The van der Waals surface area contributed by atoms with Crippen molar-refractivity contribution in [2.75, 3.05) is 26.2 Å². The highest BCUT2D eigenvalue weighted by atomic mass is 15.2. The smallest absolute Gasteiger partial charge is 0.00965 e. The standard InChI is InChI=1S/C17H33N3/c1-14(11-16-5-3-2-4-9-18-16)19-12-15-8-10-20(13-15)17-6-7-17/h14-19H,2-13H2,1H3. The molecule has 0 bridgehead atoms. The van der Waals surface area contributed by atoms with Gasteiger partial charge in [-0.3, -0.25) is 0 Å². The highest BCUT2D eigenvalue weighted by molar-refractivity contribution is 4.90. The molecule has 0 aromatic heterocycles. The minimum absolute atomic E-state index is 0.667. The molecule has 116 valence electrons. The summed E-state index contributed by atoms with van der Waals surface area (Å²) in [6, 6.07) is 2.39. The van der Waals surface area contributed by atoms with E-state index in [4.69, 9.17) is 0 Å². The Bertz CT molecular complexity index is 282. The number of hydrogen-bond donors (Lipinski definition) is 2. The topological polar surface area (TPSA) is 27.3 Å². The van der Waals surface area contributed by atoms with Crippen LogP contribution in [0.25, 0.3) is 0 Å². The van der Waals surface area contributed by atoms with E-state index in [1.807, 2.05) is 0 Å². The van der Waals surface area contributed by atoms with Crippen molar-refractivity contribution in [3.05, 3.63) is 0 Å². The zero-order valence-corrected chi connectivity index (χ0v) is 13.2. The van der Waals surface area contributed by atoms with Crippen LogP contribution in [0.1, 0.15) is 58.3 Å². The second-order valence-corrected chi connectivity index (χ2v) is 7.43. The molecule has 2 saturated heterocycles. The molecule has 3 atom stereocenters. The highest BCUT2D eigenvalue weighted by Crippen LogP contribution is 2.31. The molecule has 0 aromatic rings. The van der Waals surface area contributed by atoms with Crippen molar-refractivity contribution in [3.8, 4) is 0 Å². The molecule has 0 amide bonds. The summed E-state index contributed by atoms with van der Waals surface area (Å²) in [5, 5.41) is 7.53. The minimum Gasteiger partial charge on any atom is -0.314 e. The Labute approximate surface area is 124 Å². The SMILES string of the molecule is CC(CC1CCCCCN1)NCC1CCN(C2CC2)C1. The van der Waals surface area contributed by atoms with Gasteiger partial charge >= 0.3 is 0 Å². The predicted molar refractivity (Wildman–Crippen MR) is 85.0 cm³/mol. The third-order valence-electron chi connectivity index (χ3n) is 5.44. The van der Waals surface area contributed by atoms with Crippen LogP contribution in [0.5, 0.6) is 0 Å². The van der Waals surface area contributed by atoms with Gasteiger partial charge in [-0.05, 0) is 71.0 Å². The van der Waals surface area contributed by atoms with Crippen molar-refractivity contribution < 1.29 is 0 Å². The van der Waals surface area contributed by atoms with Gasteiger partial charge < -0.3 is 15.5 Å². The maximum atomic E-state index is 3.81. The lowest BCUT2D eigenvalue weighted by Crippen LogP contribution is -2.39. The number of rotatable bonds is 6. The number of nitrogens with zero attached hydrogens (tertiary/aromatic N) is 1. The maximum absolute atomic E-state index is 3.81. The lowest BCUT2D eigenvalue weighted by molar-refractivity contribution is 0.307. The molecule has 20 heavy (non-hydrogen) atoms. The molecule has 2 aliphatic heterocycles. The van der Waals surface area contributed by atoms with Crippen LogP contribution in [0.15, 0.2) is 0 Å². The average Bonchev–Trinajstić information content (AvgIpc) is 3.23. The Hall–Kier alpha value is -0.120. The normalized spacial score (nSPS) is 34.0. The van der Waals surface area contributed by atoms with Crippen molar-refractivity contribution in [3.63, 3.8) is 0 Å². The molecular formula is C17H33N3. The number of hydrogen-bond acceptors (Lipinski definition) is 3. The molecular weight excluding hydrogens is 246 g/mol. The van der Waals surface area contributed by atoms with Crippen molar-refractivity contribution >= 4 is 0 Å². The first-order valence-electron chi connectivity index (χ1n) is 9.02. The van der Waals surface area contributed by atoms with Gasteiger partial charge in [-0.25, -0.2) is 0 Å². The van der Waals surface area contributed by atoms with E-state index in [-0.39, 0.29) is 0 Å². The van der Waals surface area contributed by atoms with Crippen molar-refractivity contribution in [1.82, 2.24) is 15.5 Å². The van der Waals surface area contributed by atoms with E-state index in [0.29, 0.717) is 6.04 Å². The number of nitrogens with one attached hydrogen (secondary N) is 2. The van der Waals surface area contributed by atoms with Crippen LogP contribution in [0, 0.1) is 5.92 Å². The second-order valence-electron chi connectivity index (χ2n) is 7.43. The maximum Gasteiger partial charge on any atom is 0.00965 e. The first-order valence-corrected chi connectivity index (χ1v) is 9.02. The van der Waals surface area contributed by atoms with E-state index in [0.717, 1.165) is 18.0 Å². The van der Waals surface area contributed by atoms with Crippen LogP contribution < -0.4 is 10.6 Å². The molecule has 3 rings (SSSR count). The fourth-order valence-electron chi connectivity index (χ4n) is 3.98. The Morgan fingerprint density at radius 2 is 2.05 bits per heavy atom. The highest BCUT2D eigenvalue weighted by Gasteiger charge is 2.34. The lowest BCUT2D eigenvalue weighted by atomic mass is 10.0. The molecule has 3 aliphatic rings. The van der Waals surface area contributed by atoms with Crippen molar-refractivity contribution in [1.29, 1.82) is 0 Å². The molecule has 0 aromatic carbocycles. The summed E-state index contributed by atoms with van der Waals surface area (Å²) in [5.74, 6) is 0.903. The van der Waals surface area contributed by atoms with Gasteiger partial charge in [-0.1, -0.05) is 12.8 Å². The lowest BCUT2D eigenvalue weighted by Gasteiger charge is -2.23. The molecule has 1 aliphatic carbocycles. The molecule has 3 heteroatoms. The van der Waals surface area contributed by atoms with Gasteiger partial charge in [0.1, 0.15) is 0 Å². The molecule has 2 N–H and O–H groups in total. The number of likely N-dealkylation sites (tertiary alicyclic amines) is 1. The van der Waals surface area contributed by atoms with Gasteiger partial charge in [0.15, 0.2) is 0 Å². The summed E-state index contributed by atoms with van der Waals surface area (Å²) >= 11 is 0. The van der Waals surface area contributed by atoms with E-state index < -0.39 is 0 Å². The van der Waals surface area contributed by atoms with E-state index in [9.17, 15) is 0 Å². The molecule has 1 saturated carbocycles. The molecule has 0 radical (unpaired) electrons. The average molecular weight is 279 g/mol. The summed E-state index contributed by atoms with van der Waals surface area (Å²) in [6.07, 6.45) is 11.2. The van der Waals surface area contributed by atoms with Gasteiger partial charge in [-0.15, -0.1) is 0 Å². The summed E-state index contributed by atoms with van der Waals surface area (Å²) in [4.78, 5) is 2.73. The van der Waals surface area contributed by atoms with Crippen LogP contribution in [0.4, 0.5) is 0 Å². The van der Waals surface area contributed by atoms with Gasteiger partial charge in [0.25, 0.3) is 0 Å². The van der Waals surface area contributed by atoms with E-state index in [2.05, 4.69) is 22.5 Å². The Kier molecular flexibility index (Phi) is 5.36. The third-order valence-corrected chi connectivity index (χ3v) is 5.44. The van der Waals surface area contributed by atoms with Crippen LogP contribution >= 0.6 is 0 Å². The van der Waals surface area contributed by atoms with Crippen molar-refractivity contribution in [2.24, 2.45) is 5.92 Å². The second kappa shape index (κ2) is 7.24. The molecule has 3 nitrogen and oxygen atoms in total. The zero-order valence-electron chi connectivity index (χ0n) is 13.2. The van der Waals surface area contributed by atoms with Gasteiger partial charge in [-0.2, -0.15) is 0 Å². The van der Waals surface area contributed by atoms with Crippen molar-refractivity contribution in [2.45, 2.75) is 76.4 Å². The van der Waals surface area contributed by atoms with Gasteiger partial charge in [0.05, 0.1) is 0 Å². The van der Waals surface area contributed by atoms with E-state index in [1.165, 1.54) is 77.5 Å². The fraction of sp³-hybridized carbons (Fsp3) is 1.00. The summed E-state index contributed by atoms with van der Waals surface area (Å²) in [7, 11) is 0. The Morgan fingerprint density at radius 3 is 2.90 bits per heavy atom. The quantitative estimate of drug-likeness (QED) is 0.782. The molecule has 3 unspecified atom stereocenters. The predicted octanol–water partition coefficient (Wildman–Crippen LogP) is 2.37. The van der Waals surface area contributed by atoms with Crippen LogP contribution in [-0.4, -0.2) is 49.2 Å². The van der Waals surface area contributed by atoms with Crippen LogP contribution in [0.2, 0.25) is 0 Å². The van der Waals surface area contributed by atoms with E-state index in [1.54, 1.807) is 0 Å². The van der Waals surface area contributed by atoms with Crippen LogP contribution in [0.3, 0.4) is 0 Å². The summed E-state index contributed by atoms with van der Waals surface area (Å²) in [5.41, 5.74) is 0. The third kappa shape index (κ3) is 4.44. The van der Waals surface area contributed by atoms with Crippen LogP contribution in [-0.2, 0) is 0 Å². The Balaban J connectivity index is 1.31. The molecule has 2 heterocycles. The molecule has 0 spiro atoms. The molecule has 3 fully saturated rings. The Morgan fingerprint density at radius 1 is 1.15 bits per heavy atom. The monoisotopic (exact) mass is 279 g/mol. The summed E-state index contributed by atoms with van der Waals surface area (Å²) < 4.78 is 0.